The van der Waals surface area contributed by atoms with Crippen LogP contribution in [0.15, 0.2) is 85.0 Å². The third kappa shape index (κ3) is 14.7. The van der Waals surface area contributed by atoms with Crippen LogP contribution < -0.4 is 0 Å². The van der Waals surface area contributed by atoms with Crippen molar-refractivity contribution in [2.45, 2.75) is 96.6 Å². The molecule has 192 valence electrons. The third-order valence-electron chi connectivity index (χ3n) is 6.09. The second-order valence-electron chi connectivity index (χ2n) is 9.26. The number of ether oxygens (including phenoxy) is 2. The van der Waals surface area contributed by atoms with E-state index in [2.05, 4.69) is 19.1 Å². The van der Waals surface area contributed by atoms with Gasteiger partial charge in [0.15, 0.2) is 0 Å². The van der Waals surface area contributed by atoms with E-state index < -0.39 is 12.2 Å². The lowest BCUT2D eigenvalue weighted by Gasteiger charge is -2.20. The Morgan fingerprint density at radius 3 is 1.91 bits per heavy atom. The Hall–Kier alpha value is -2.20. The fraction of sp³-hybridized carbons (Fsp3) is 0.500. The van der Waals surface area contributed by atoms with Crippen LogP contribution in [-0.4, -0.2) is 23.9 Å². The van der Waals surface area contributed by atoms with Crippen molar-refractivity contribution in [1.29, 1.82) is 0 Å². The molecule has 0 fully saturated rings. The van der Waals surface area contributed by atoms with Crippen LogP contribution in [0.5, 0.6) is 0 Å². The molecular formula is C32H46O3. The van der Waals surface area contributed by atoms with Gasteiger partial charge in [0, 0.05) is 0 Å². The highest BCUT2D eigenvalue weighted by Gasteiger charge is 2.17. The fourth-order valence-corrected chi connectivity index (χ4v) is 3.95. The molecule has 0 bridgehead atoms. The molecule has 0 unspecified atom stereocenters. The van der Waals surface area contributed by atoms with E-state index in [-0.39, 0.29) is 6.61 Å². The van der Waals surface area contributed by atoms with Crippen molar-refractivity contribution in [2.24, 2.45) is 0 Å². The van der Waals surface area contributed by atoms with Crippen LogP contribution in [-0.2, 0) is 22.7 Å². The summed E-state index contributed by atoms with van der Waals surface area (Å²) in [7, 11) is 0. The number of unbranched alkanes of at least 4 members (excludes halogenated alkanes) is 9. The Morgan fingerprint density at radius 1 is 0.714 bits per heavy atom. The third-order valence-corrected chi connectivity index (χ3v) is 6.09. The maximum absolute atomic E-state index is 10.7. The minimum atomic E-state index is -0.732. The molecule has 2 rings (SSSR count). The molecule has 0 saturated heterocycles. The number of allylic oxidation sites excluding steroid dienone is 3. The molecular weight excluding hydrogens is 432 g/mol. The lowest BCUT2D eigenvalue weighted by molar-refractivity contribution is -0.0601. The van der Waals surface area contributed by atoms with Crippen molar-refractivity contribution in [2.75, 3.05) is 6.61 Å². The van der Waals surface area contributed by atoms with Crippen molar-refractivity contribution < 1.29 is 14.6 Å². The smallest absolute Gasteiger partial charge is 0.107 e. The van der Waals surface area contributed by atoms with Gasteiger partial charge in [0.2, 0.25) is 0 Å². The predicted molar refractivity (Wildman–Crippen MR) is 147 cm³/mol. The molecule has 2 atom stereocenters. The lowest BCUT2D eigenvalue weighted by atomic mass is 10.1. The molecule has 0 heterocycles. The molecule has 3 heteroatoms. The van der Waals surface area contributed by atoms with E-state index in [4.69, 9.17) is 9.47 Å². The zero-order chi connectivity index (χ0) is 24.8. The topological polar surface area (TPSA) is 38.7 Å². The van der Waals surface area contributed by atoms with E-state index in [0.29, 0.717) is 13.2 Å². The highest BCUT2D eigenvalue weighted by atomic mass is 16.5. The van der Waals surface area contributed by atoms with Crippen molar-refractivity contribution >= 4 is 0 Å². The van der Waals surface area contributed by atoms with Gasteiger partial charge in [-0.1, -0.05) is 143 Å². The molecule has 2 aromatic carbocycles. The molecule has 0 aliphatic heterocycles. The summed E-state index contributed by atoms with van der Waals surface area (Å²) in [6, 6.07) is 20.1. The molecule has 0 aliphatic rings. The van der Waals surface area contributed by atoms with Crippen molar-refractivity contribution in [1.82, 2.24) is 0 Å². The van der Waals surface area contributed by atoms with Crippen LogP contribution in [0.3, 0.4) is 0 Å². The molecule has 0 radical (unpaired) electrons. The Labute approximate surface area is 213 Å². The summed E-state index contributed by atoms with van der Waals surface area (Å²) in [4.78, 5) is 0. The van der Waals surface area contributed by atoms with Crippen LogP contribution in [0.1, 0.15) is 82.3 Å². The minimum absolute atomic E-state index is 0.223. The molecule has 35 heavy (non-hydrogen) atoms. The maximum atomic E-state index is 10.7. The average molecular weight is 479 g/mol. The van der Waals surface area contributed by atoms with Crippen LogP contribution >= 0.6 is 0 Å². The van der Waals surface area contributed by atoms with E-state index in [1.54, 1.807) is 0 Å². The lowest BCUT2D eigenvalue weighted by Crippen LogP contribution is -2.31. The second-order valence-corrected chi connectivity index (χ2v) is 9.26. The van der Waals surface area contributed by atoms with E-state index in [1.807, 2.05) is 72.8 Å². The van der Waals surface area contributed by atoms with Gasteiger partial charge in [-0.2, -0.15) is 0 Å². The van der Waals surface area contributed by atoms with E-state index >= 15 is 0 Å². The highest BCUT2D eigenvalue weighted by molar-refractivity contribution is 5.14. The van der Waals surface area contributed by atoms with E-state index in [0.717, 1.165) is 17.5 Å². The van der Waals surface area contributed by atoms with Crippen LogP contribution in [0.4, 0.5) is 0 Å². The molecule has 0 amide bonds. The summed E-state index contributed by atoms with van der Waals surface area (Å²) >= 11 is 0. The zero-order valence-electron chi connectivity index (χ0n) is 21.7. The van der Waals surface area contributed by atoms with Gasteiger partial charge in [-0.3, -0.25) is 0 Å². The van der Waals surface area contributed by atoms with Crippen molar-refractivity contribution in [3.8, 4) is 0 Å². The van der Waals surface area contributed by atoms with Crippen LogP contribution in [0.2, 0.25) is 0 Å². The van der Waals surface area contributed by atoms with Gasteiger partial charge in [0.25, 0.3) is 0 Å². The van der Waals surface area contributed by atoms with E-state index in [1.165, 1.54) is 57.8 Å². The van der Waals surface area contributed by atoms with Gasteiger partial charge in [0.05, 0.1) is 19.8 Å². The van der Waals surface area contributed by atoms with Crippen molar-refractivity contribution in [3.05, 3.63) is 96.1 Å². The number of rotatable bonds is 20. The van der Waals surface area contributed by atoms with Crippen LogP contribution in [0, 0.1) is 0 Å². The standard InChI is InChI=1S/C32H46O3/c1-2-3-4-5-6-7-8-9-10-11-12-13-20-25-32(35-27-30-23-18-15-19-24-30)31(33)28-34-26-29-21-16-14-17-22-29/h12-25,31-33H,2-11,26-28H2,1H3/b13-12+,25-20+/t31-,32+/m1/s1. The maximum Gasteiger partial charge on any atom is 0.107 e. The largest absolute Gasteiger partial charge is 0.388 e. The summed E-state index contributed by atoms with van der Waals surface area (Å²) in [6.07, 6.45) is 20.3. The van der Waals surface area contributed by atoms with Gasteiger partial charge in [-0.25, -0.2) is 0 Å². The van der Waals surface area contributed by atoms with Gasteiger partial charge in [-0.05, 0) is 24.0 Å². The van der Waals surface area contributed by atoms with Crippen molar-refractivity contribution in [3.63, 3.8) is 0 Å². The number of hydrogen-bond acceptors (Lipinski definition) is 3. The first kappa shape index (κ1) is 29.0. The monoisotopic (exact) mass is 478 g/mol. The molecule has 0 aromatic heterocycles. The summed E-state index contributed by atoms with van der Waals surface area (Å²) in [5, 5.41) is 10.7. The zero-order valence-corrected chi connectivity index (χ0v) is 21.7. The first-order valence-corrected chi connectivity index (χ1v) is 13.6. The summed E-state index contributed by atoms with van der Waals surface area (Å²) < 4.78 is 11.8. The summed E-state index contributed by atoms with van der Waals surface area (Å²) in [5.41, 5.74) is 2.18. The first-order valence-electron chi connectivity index (χ1n) is 13.6. The molecule has 0 saturated carbocycles. The fourth-order valence-electron chi connectivity index (χ4n) is 3.95. The SMILES string of the molecule is CCCCCCCCCCC/C=C/C=C/[C@H](OCc1ccccc1)[C@H](O)COCc1ccccc1. The second kappa shape index (κ2) is 20.0. The molecule has 0 aliphatic carbocycles. The quantitative estimate of drug-likeness (QED) is 0.154. The number of aliphatic hydroxyl groups excluding tert-OH is 1. The Kier molecular flexibility index (Phi) is 16.6. The molecule has 3 nitrogen and oxygen atoms in total. The normalized spacial score (nSPS) is 13.5. The molecule has 1 N–H and O–H groups in total. The van der Waals surface area contributed by atoms with E-state index in [9.17, 15) is 5.11 Å². The summed E-state index contributed by atoms with van der Waals surface area (Å²) in [5.74, 6) is 0. The number of aliphatic hydroxyl groups is 1. The molecule has 0 spiro atoms. The summed E-state index contributed by atoms with van der Waals surface area (Å²) in [6.45, 7) is 3.42. The first-order chi connectivity index (χ1) is 17.3. The number of benzene rings is 2. The minimum Gasteiger partial charge on any atom is -0.388 e. The Morgan fingerprint density at radius 2 is 1.29 bits per heavy atom. The number of hydrogen-bond donors (Lipinski definition) is 1. The predicted octanol–water partition coefficient (Wildman–Crippen LogP) is 8.18. The average Bonchev–Trinajstić information content (AvgIpc) is 2.89. The van der Waals surface area contributed by atoms with Gasteiger partial charge in [0.1, 0.15) is 12.2 Å². The molecule has 2 aromatic rings. The van der Waals surface area contributed by atoms with Gasteiger partial charge in [-0.15, -0.1) is 0 Å². The van der Waals surface area contributed by atoms with Gasteiger partial charge >= 0.3 is 0 Å². The Bertz CT molecular complexity index is 785. The van der Waals surface area contributed by atoms with Gasteiger partial charge < -0.3 is 14.6 Å². The Balaban J connectivity index is 1.70. The van der Waals surface area contributed by atoms with Crippen LogP contribution in [0.25, 0.3) is 0 Å². The highest BCUT2D eigenvalue weighted by Crippen LogP contribution is 2.12.